The van der Waals surface area contributed by atoms with Crippen LogP contribution in [0, 0.1) is 3.57 Å². The van der Waals surface area contributed by atoms with Gasteiger partial charge in [0.05, 0.1) is 3.57 Å². The number of nitrogens with one attached hydrogen (secondary N) is 2. The molecule has 0 aliphatic heterocycles. The summed E-state index contributed by atoms with van der Waals surface area (Å²) in [6.45, 7) is 2.96. The Hall–Kier alpha value is -3.77. The lowest BCUT2D eigenvalue weighted by atomic mass is 9.98. The van der Waals surface area contributed by atoms with Crippen LogP contribution in [0.3, 0.4) is 0 Å². The molecule has 2 heterocycles. The number of phenols is 1. The fraction of sp³-hybridized carbons (Fsp3) is 0.207. The molecular formula is C29H27ClIN7O2. The van der Waals surface area contributed by atoms with Gasteiger partial charge in [-0.2, -0.15) is 5.21 Å². The highest BCUT2D eigenvalue weighted by Crippen LogP contribution is 2.30. The molecular weight excluding hydrogens is 639 g/mol. The van der Waals surface area contributed by atoms with Gasteiger partial charge >= 0.3 is 0 Å². The van der Waals surface area contributed by atoms with Crippen LogP contribution in [0.25, 0.3) is 22.5 Å². The van der Waals surface area contributed by atoms with Gasteiger partial charge in [-0.05, 0) is 75.0 Å². The van der Waals surface area contributed by atoms with Gasteiger partial charge in [0, 0.05) is 25.1 Å². The van der Waals surface area contributed by atoms with Gasteiger partial charge in [0.15, 0.2) is 5.15 Å². The fourth-order valence-corrected chi connectivity index (χ4v) is 5.42. The maximum Gasteiger partial charge on any atom is 0.271 e. The van der Waals surface area contributed by atoms with Gasteiger partial charge in [-0.3, -0.25) is 4.79 Å². The largest absolute Gasteiger partial charge is 0.507 e. The molecule has 0 fully saturated rings. The number of hydrogen-bond donors (Lipinski definition) is 3. The SMILES string of the molecule is CCCc1nc(Cl)c(C(=O)NCCc2ccc(O)c([125I])c2)n1Cc1ccc(-c2ccccc2-c2nn[nH]n2)cc1. The van der Waals surface area contributed by atoms with Gasteiger partial charge in [-0.1, -0.05) is 73.1 Å². The zero-order chi connectivity index (χ0) is 28.1. The molecule has 0 aliphatic carbocycles. The van der Waals surface area contributed by atoms with Crippen LogP contribution in [0.15, 0.2) is 66.7 Å². The average Bonchev–Trinajstić information content (AvgIpc) is 3.60. The van der Waals surface area contributed by atoms with E-state index in [2.05, 4.69) is 60.4 Å². The molecule has 5 rings (SSSR count). The number of benzene rings is 3. The second-order valence-corrected chi connectivity index (χ2v) is 10.8. The van der Waals surface area contributed by atoms with Crippen LogP contribution >= 0.6 is 34.2 Å². The number of aromatic nitrogens is 6. The van der Waals surface area contributed by atoms with Crippen LogP contribution in [0.1, 0.15) is 40.8 Å². The molecule has 0 saturated carbocycles. The van der Waals surface area contributed by atoms with E-state index in [0.717, 1.165) is 43.6 Å². The number of aryl methyl sites for hydroxylation is 1. The van der Waals surface area contributed by atoms with Gasteiger partial charge in [-0.15, -0.1) is 10.2 Å². The third-order valence-electron chi connectivity index (χ3n) is 6.52. The number of halogens is 2. The molecule has 9 nitrogen and oxygen atoms in total. The van der Waals surface area contributed by atoms with Crippen molar-refractivity contribution >= 4 is 40.1 Å². The molecule has 11 heteroatoms. The summed E-state index contributed by atoms with van der Waals surface area (Å²) in [4.78, 5) is 17.8. The molecule has 0 radical (unpaired) electrons. The molecule has 0 spiro atoms. The smallest absolute Gasteiger partial charge is 0.271 e. The molecule has 5 aromatic rings. The summed E-state index contributed by atoms with van der Waals surface area (Å²) >= 11 is 8.60. The number of nitrogens with zero attached hydrogens (tertiary/aromatic N) is 5. The van der Waals surface area contributed by atoms with E-state index in [4.69, 9.17) is 11.6 Å². The number of phenolic OH excluding ortho intramolecular Hbond substituents is 1. The lowest BCUT2D eigenvalue weighted by Crippen LogP contribution is -2.28. The zero-order valence-corrected chi connectivity index (χ0v) is 24.6. The summed E-state index contributed by atoms with van der Waals surface area (Å²) in [5, 5.41) is 27.4. The molecule has 0 saturated heterocycles. The molecule has 1 amide bonds. The van der Waals surface area contributed by atoms with Crippen LogP contribution < -0.4 is 5.32 Å². The van der Waals surface area contributed by atoms with Crippen molar-refractivity contribution in [3.8, 4) is 28.3 Å². The van der Waals surface area contributed by atoms with Crippen LogP contribution in [0.4, 0.5) is 0 Å². The Labute approximate surface area is 250 Å². The first-order valence-corrected chi connectivity index (χ1v) is 14.3. The first-order chi connectivity index (χ1) is 19.4. The van der Waals surface area contributed by atoms with Crippen molar-refractivity contribution in [1.29, 1.82) is 0 Å². The number of aromatic amines is 1. The van der Waals surface area contributed by atoms with E-state index in [1.807, 2.05) is 65.2 Å². The Bertz CT molecular complexity index is 1620. The van der Waals surface area contributed by atoms with Crippen LogP contribution in [0.2, 0.25) is 5.15 Å². The summed E-state index contributed by atoms with van der Waals surface area (Å²) in [6.07, 6.45) is 2.21. The third-order valence-corrected chi connectivity index (χ3v) is 7.65. The molecule has 2 aromatic heterocycles. The van der Waals surface area contributed by atoms with Gasteiger partial charge in [-0.25, -0.2) is 4.98 Å². The lowest BCUT2D eigenvalue weighted by Gasteiger charge is -2.13. The number of rotatable bonds is 10. The predicted octanol–water partition coefficient (Wildman–Crippen LogP) is 5.67. The maximum absolute atomic E-state index is 13.3. The monoisotopic (exact) mass is 665 g/mol. The lowest BCUT2D eigenvalue weighted by molar-refractivity contribution is 0.0945. The quantitative estimate of drug-likeness (QED) is 0.166. The molecule has 0 unspecified atom stereocenters. The second-order valence-electron chi connectivity index (χ2n) is 9.27. The fourth-order valence-electron chi connectivity index (χ4n) is 4.56. The van der Waals surface area contributed by atoms with Crippen molar-refractivity contribution in [2.45, 2.75) is 32.7 Å². The number of imidazole rings is 1. The molecule has 3 N–H and O–H groups in total. The normalized spacial score (nSPS) is 11.1. The Balaban J connectivity index is 1.35. The molecule has 0 atom stereocenters. The van der Waals surface area contributed by atoms with E-state index >= 15 is 0 Å². The van der Waals surface area contributed by atoms with Crippen LogP contribution in [-0.2, 0) is 19.4 Å². The highest BCUT2D eigenvalue weighted by atomic mass is 125. The van der Waals surface area contributed by atoms with Crippen molar-refractivity contribution < 1.29 is 9.90 Å². The van der Waals surface area contributed by atoms with E-state index in [0.29, 0.717) is 37.4 Å². The minimum atomic E-state index is -0.265. The molecule has 3 aromatic carbocycles. The number of hydrogen-bond acceptors (Lipinski definition) is 6. The standard InChI is InChI=1S/C29H27ClIN7O2/c1-2-5-25-33-27(30)26(29(40)32-15-14-18-10-13-24(39)23(31)16-18)38(25)17-19-8-11-20(12-9-19)21-6-3-4-7-22(21)28-34-36-37-35-28/h3-4,6-13,16,39H,2,5,14-15,17H2,1H3,(H,32,40)(H,34,35,36,37)/i31-2. The van der Waals surface area contributed by atoms with E-state index < -0.39 is 0 Å². The molecule has 0 bridgehead atoms. The minimum Gasteiger partial charge on any atom is -0.507 e. The van der Waals surface area contributed by atoms with Crippen molar-refractivity contribution in [3.05, 3.63) is 98.1 Å². The number of aromatic hydroxyl groups is 1. The van der Waals surface area contributed by atoms with Gasteiger partial charge in [0.2, 0.25) is 5.82 Å². The third kappa shape index (κ3) is 6.18. The van der Waals surface area contributed by atoms with Gasteiger partial charge in [0.1, 0.15) is 17.3 Å². The van der Waals surface area contributed by atoms with E-state index in [9.17, 15) is 9.90 Å². The van der Waals surface area contributed by atoms with Crippen molar-refractivity contribution in [1.82, 2.24) is 35.5 Å². The average molecular weight is 666 g/mol. The number of H-pyrrole nitrogens is 1. The summed E-state index contributed by atoms with van der Waals surface area (Å²) in [5.74, 6) is 1.29. The highest BCUT2D eigenvalue weighted by molar-refractivity contribution is 14.1. The minimum absolute atomic E-state index is 0.200. The number of carbonyl (C=O) groups is 1. The summed E-state index contributed by atoms with van der Waals surface area (Å²) in [6, 6.07) is 21.5. The number of carbonyl (C=O) groups excluding carboxylic acids is 1. The Morgan fingerprint density at radius 1 is 1.05 bits per heavy atom. The summed E-state index contributed by atoms with van der Waals surface area (Å²) < 4.78 is 2.68. The van der Waals surface area contributed by atoms with E-state index in [1.165, 1.54) is 0 Å². The molecule has 40 heavy (non-hydrogen) atoms. The Kier molecular flexibility index (Phi) is 8.75. The van der Waals surface area contributed by atoms with E-state index in [-0.39, 0.29) is 16.8 Å². The molecule has 204 valence electrons. The van der Waals surface area contributed by atoms with Gasteiger partial charge < -0.3 is 15.0 Å². The summed E-state index contributed by atoms with van der Waals surface area (Å²) in [5.41, 5.74) is 5.29. The van der Waals surface area contributed by atoms with Crippen molar-refractivity contribution in [2.75, 3.05) is 6.54 Å². The zero-order valence-electron chi connectivity index (χ0n) is 21.7. The topological polar surface area (TPSA) is 122 Å². The van der Waals surface area contributed by atoms with Crippen molar-refractivity contribution in [2.24, 2.45) is 0 Å². The Morgan fingerprint density at radius 2 is 1.80 bits per heavy atom. The predicted molar refractivity (Wildman–Crippen MR) is 162 cm³/mol. The number of amides is 1. The first kappa shape index (κ1) is 27.8. The summed E-state index contributed by atoms with van der Waals surface area (Å²) in [7, 11) is 0. The highest BCUT2D eigenvalue weighted by Gasteiger charge is 2.22. The Morgan fingerprint density at radius 3 is 2.50 bits per heavy atom. The van der Waals surface area contributed by atoms with Crippen LogP contribution in [0.5, 0.6) is 5.75 Å². The number of tetrazole rings is 1. The molecule has 0 aliphatic rings. The van der Waals surface area contributed by atoms with Crippen LogP contribution in [-0.4, -0.2) is 47.7 Å². The maximum atomic E-state index is 13.3. The first-order valence-electron chi connectivity index (χ1n) is 12.9. The van der Waals surface area contributed by atoms with E-state index in [1.54, 1.807) is 6.07 Å². The second kappa shape index (κ2) is 12.6. The van der Waals surface area contributed by atoms with Gasteiger partial charge in [0.25, 0.3) is 5.91 Å². The van der Waals surface area contributed by atoms with Crippen molar-refractivity contribution in [3.63, 3.8) is 0 Å².